The molecule has 1 aliphatic carbocycles. The van der Waals surface area contributed by atoms with Crippen LogP contribution < -0.4 is 0 Å². The molecule has 0 radical (unpaired) electrons. The number of halogens is 1. The number of piperidine rings is 1. The summed E-state index contributed by atoms with van der Waals surface area (Å²) in [6.07, 6.45) is 2.93. The van der Waals surface area contributed by atoms with Crippen LogP contribution in [0.4, 0.5) is 9.18 Å². The molecule has 1 amide bonds. The molecule has 2 atom stereocenters. The molecular formula is C11H18FNO2. The molecule has 1 saturated carbocycles. The SMILES string of the molecule is CCCCOC(=O)N1C2CC(F)CC1C2. The molecule has 2 saturated heterocycles. The highest BCUT2D eigenvalue weighted by Crippen LogP contribution is 2.39. The van der Waals surface area contributed by atoms with E-state index < -0.39 is 6.17 Å². The number of unbranched alkanes of at least 4 members (excludes halogenated alkanes) is 1. The summed E-state index contributed by atoms with van der Waals surface area (Å²) in [5, 5.41) is 0. The number of rotatable bonds is 3. The first-order valence-electron chi connectivity index (χ1n) is 5.81. The number of amides is 1. The lowest BCUT2D eigenvalue weighted by Gasteiger charge is -2.52. The molecule has 2 heterocycles. The summed E-state index contributed by atoms with van der Waals surface area (Å²) in [6.45, 7) is 2.55. The van der Waals surface area contributed by atoms with Crippen LogP contribution in [0.3, 0.4) is 0 Å². The van der Waals surface area contributed by atoms with Crippen molar-refractivity contribution in [1.82, 2.24) is 4.90 Å². The Balaban J connectivity index is 1.78. The molecule has 2 aliphatic heterocycles. The molecule has 2 unspecified atom stereocenters. The van der Waals surface area contributed by atoms with E-state index in [1.54, 1.807) is 4.90 Å². The van der Waals surface area contributed by atoms with Gasteiger partial charge in [-0.25, -0.2) is 9.18 Å². The zero-order chi connectivity index (χ0) is 10.8. The quantitative estimate of drug-likeness (QED) is 0.677. The number of ether oxygens (including phenoxy) is 1. The van der Waals surface area contributed by atoms with E-state index in [0.29, 0.717) is 19.4 Å². The van der Waals surface area contributed by atoms with E-state index in [1.165, 1.54) is 0 Å². The highest BCUT2D eigenvalue weighted by molar-refractivity contribution is 5.70. The second-order valence-corrected chi connectivity index (χ2v) is 4.49. The molecule has 3 rings (SSSR count). The van der Waals surface area contributed by atoms with Gasteiger partial charge in [0.05, 0.1) is 6.61 Å². The Morgan fingerprint density at radius 1 is 1.40 bits per heavy atom. The van der Waals surface area contributed by atoms with Crippen LogP contribution in [-0.2, 0) is 4.74 Å². The van der Waals surface area contributed by atoms with Gasteiger partial charge in [-0.3, -0.25) is 0 Å². The predicted molar refractivity (Wildman–Crippen MR) is 54.4 cm³/mol. The van der Waals surface area contributed by atoms with E-state index in [2.05, 4.69) is 6.92 Å². The summed E-state index contributed by atoms with van der Waals surface area (Å²) in [5.74, 6) is 0. The van der Waals surface area contributed by atoms with E-state index in [0.717, 1.165) is 19.3 Å². The van der Waals surface area contributed by atoms with Gasteiger partial charge in [-0.05, 0) is 25.7 Å². The first-order chi connectivity index (χ1) is 7.22. The topological polar surface area (TPSA) is 29.5 Å². The minimum atomic E-state index is -0.714. The molecule has 0 aromatic carbocycles. The highest BCUT2D eigenvalue weighted by Gasteiger charge is 2.48. The highest BCUT2D eigenvalue weighted by atomic mass is 19.1. The van der Waals surface area contributed by atoms with Gasteiger partial charge in [0.15, 0.2) is 0 Å². The number of nitrogens with zero attached hydrogens (tertiary/aromatic N) is 1. The van der Waals surface area contributed by atoms with Gasteiger partial charge in [-0.15, -0.1) is 0 Å². The number of carbonyl (C=O) groups excluding carboxylic acids is 1. The van der Waals surface area contributed by atoms with Crippen LogP contribution in [0.15, 0.2) is 0 Å². The summed E-state index contributed by atoms with van der Waals surface area (Å²) in [5.41, 5.74) is 0. The fourth-order valence-electron chi connectivity index (χ4n) is 2.48. The van der Waals surface area contributed by atoms with E-state index in [9.17, 15) is 9.18 Å². The monoisotopic (exact) mass is 215 g/mol. The number of alkyl halides is 1. The summed E-state index contributed by atoms with van der Waals surface area (Å²) >= 11 is 0. The van der Waals surface area contributed by atoms with Gasteiger partial charge in [0.2, 0.25) is 0 Å². The molecule has 3 fully saturated rings. The second kappa shape index (κ2) is 4.37. The van der Waals surface area contributed by atoms with Gasteiger partial charge in [-0.1, -0.05) is 13.3 Å². The van der Waals surface area contributed by atoms with Crippen molar-refractivity contribution < 1.29 is 13.9 Å². The molecule has 4 heteroatoms. The Morgan fingerprint density at radius 2 is 2.07 bits per heavy atom. The normalized spacial score (nSPS) is 33.5. The third kappa shape index (κ3) is 2.08. The van der Waals surface area contributed by atoms with Crippen molar-refractivity contribution in [3.63, 3.8) is 0 Å². The fourth-order valence-corrected chi connectivity index (χ4v) is 2.48. The third-order valence-electron chi connectivity index (χ3n) is 3.32. The lowest BCUT2D eigenvalue weighted by molar-refractivity contribution is -0.0502. The molecule has 0 aromatic heterocycles. The van der Waals surface area contributed by atoms with Crippen molar-refractivity contribution in [3.8, 4) is 0 Å². The minimum absolute atomic E-state index is 0.105. The molecular weight excluding hydrogens is 197 g/mol. The molecule has 15 heavy (non-hydrogen) atoms. The molecule has 0 N–H and O–H groups in total. The number of carbonyl (C=O) groups is 1. The summed E-state index contributed by atoms with van der Waals surface area (Å²) in [7, 11) is 0. The first-order valence-corrected chi connectivity index (χ1v) is 5.81. The van der Waals surface area contributed by atoms with Crippen LogP contribution >= 0.6 is 0 Å². The maximum absolute atomic E-state index is 13.0. The lowest BCUT2D eigenvalue weighted by Crippen LogP contribution is -2.63. The number of hydrogen-bond acceptors (Lipinski definition) is 2. The smallest absolute Gasteiger partial charge is 0.410 e. The lowest BCUT2D eigenvalue weighted by atomic mass is 9.79. The average molecular weight is 215 g/mol. The Labute approximate surface area is 89.6 Å². The summed E-state index contributed by atoms with van der Waals surface area (Å²) in [6, 6.07) is 0.209. The minimum Gasteiger partial charge on any atom is -0.449 e. The largest absolute Gasteiger partial charge is 0.449 e. The van der Waals surface area contributed by atoms with Crippen LogP contribution in [-0.4, -0.2) is 35.9 Å². The van der Waals surface area contributed by atoms with Crippen molar-refractivity contribution in [2.24, 2.45) is 0 Å². The fraction of sp³-hybridized carbons (Fsp3) is 0.909. The Morgan fingerprint density at radius 3 is 2.67 bits per heavy atom. The molecule has 3 nitrogen and oxygen atoms in total. The number of fused-ring (bicyclic) bond motifs is 2. The Bertz CT molecular complexity index is 235. The first kappa shape index (κ1) is 10.7. The summed E-state index contributed by atoms with van der Waals surface area (Å²) in [4.78, 5) is 13.3. The van der Waals surface area contributed by atoms with E-state index in [1.807, 2.05) is 0 Å². The van der Waals surface area contributed by atoms with Crippen molar-refractivity contribution >= 4 is 6.09 Å². The van der Waals surface area contributed by atoms with Crippen LogP contribution in [0.1, 0.15) is 39.0 Å². The van der Waals surface area contributed by atoms with Gasteiger partial charge in [0.25, 0.3) is 0 Å². The van der Waals surface area contributed by atoms with Crippen molar-refractivity contribution in [2.75, 3.05) is 6.61 Å². The number of hydrogen-bond donors (Lipinski definition) is 0. The van der Waals surface area contributed by atoms with Crippen LogP contribution in [0.25, 0.3) is 0 Å². The van der Waals surface area contributed by atoms with Gasteiger partial charge in [-0.2, -0.15) is 0 Å². The third-order valence-corrected chi connectivity index (χ3v) is 3.32. The van der Waals surface area contributed by atoms with Crippen molar-refractivity contribution in [2.45, 2.75) is 57.3 Å². The zero-order valence-corrected chi connectivity index (χ0v) is 9.12. The average Bonchev–Trinajstić information content (AvgIpc) is 2.17. The maximum atomic E-state index is 13.0. The zero-order valence-electron chi connectivity index (χ0n) is 9.12. The van der Waals surface area contributed by atoms with Gasteiger partial charge in [0.1, 0.15) is 6.17 Å². The molecule has 2 bridgehead atoms. The molecule has 0 spiro atoms. The summed E-state index contributed by atoms with van der Waals surface area (Å²) < 4.78 is 18.2. The van der Waals surface area contributed by atoms with Crippen molar-refractivity contribution in [3.05, 3.63) is 0 Å². The van der Waals surface area contributed by atoms with Gasteiger partial charge in [0, 0.05) is 12.1 Å². The van der Waals surface area contributed by atoms with Crippen molar-refractivity contribution in [1.29, 1.82) is 0 Å². The standard InChI is InChI=1S/C11H18FNO2/c1-2-3-4-15-11(14)13-9-5-8(12)6-10(13)7-9/h8-10H,2-7H2,1H3. The van der Waals surface area contributed by atoms with Gasteiger partial charge < -0.3 is 9.64 Å². The Hall–Kier alpha value is -0.800. The molecule has 0 aromatic rings. The van der Waals surface area contributed by atoms with Crippen LogP contribution in [0.2, 0.25) is 0 Å². The maximum Gasteiger partial charge on any atom is 0.410 e. The van der Waals surface area contributed by atoms with Gasteiger partial charge >= 0.3 is 6.09 Å². The van der Waals surface area contributed by atoms with E-state index in [4.69, 9.17) is 4.74 Å². The van der Waals surface area contributed by atoms with E-state index in [-0.39, 0.29) is 18.2 Å². The van der Waals surface area contributed by atoms with E-state index >= 15 is 0 Å². The second-order valence-electron chi connectivity index (χ2n) is 4.49. The molecule has 3 aliphatic rings. The van der Waals surface area contributed by atoms with Crippen LogP contribution in [0.5, 0.6) is 0 Å². The Kier molecular flexibility index (Phi) is 3.12. The van der Waals surface area contributed by atoms with Crippen LogP contribution in [0, 0.1) is 0 Å². The molecule has 86 valence electrons. The predicted octanol–water partition coefficient (Wildman–Crippen LogP) is 2.50.